The van der Waals surface area contributed by atoms with Crippen LogP contribution in [0.15, 0.2) is 66.7 Å². The molecule has 0 aromatic heterocycles. The van der Waals surface area contributed by atoms with Crippen LogP contribution in [-0.2, 0) is 0 Å². The van der Waals surface area contributed by atoms with Crippen molar-refractivity contribution < 1.29 is 0 Å². The molecule has 4 atom stereocenters. The van der Waals surface area contributed by atoms with E-state index < -0.39 is 0 Å². The van der Waals surface area contributed by atoms with Gasteiger partial charge in [0.25, 0.3) is 0 Å². The van der Waals surface area contributed by atoms with Crippen LogP contribution in [0.5, 0.6) is 0 Å². The first-order valence-electron chi connectivity index (χ1n) is 10.4. The normalized spacial score (nSPS) is 22.4. The summed E-state index contributed by atoms with van der Waals surface area (Å²) in [6.07, 6.45) is 5.08. The molecule has 138 valence electrons. The number of benzene rings is 3. The minimum Gasteiger partial charge on any atom is -0.327 e. The number of fused-ring (bicyclic) bond motifs is 1. The topological polar surface area (TPSA) is 26.0 Å². The van der Waals surface area contributed by atoms with Gasteiger partial charge in [-0.25, -0.2) is 0 Å². The van der Waals surface area contributed by atoms with E-state index in [1.54, 1.807) is 0 Å². The van der Waals surface area contributed by atoms with Crippen LogP contribution >= 0.6 is 0 Å². The second-order valence-electron chi connectivity index (χ2n) is 8.47. The fourth-order valence-corrected chi connectivity index (χ4v) is 5.07. The molecule has 4 rings (SSSR count). The molecule has 0 saturated heterocycles. The zero-order valence-corrected chi connectivity index (χ0v) is 16.6. The van der Waals surface area contributed by atoms with E-state index in [0.29, 0.717) is 17.8 Å². The monoisotopic (exact) mass is 355 g/mol. The van der Waals surface area contributed by atoms with Crippen molar-refractivity contribution in [3.63, 3.8) is 0 Å². The average molecular weight is 355 g/mol. The van der Waals surface area contributed by atoms with Crippen LogP contribution in [0, 0.1) is 5.92 Å². The molecular formula is C25H30BN. The largest absolute Gasteiger partial charge is 0.327 e. The highest BCUT2D eigenvalue weighted by Crippen LogP contribution is 2.40. The molecule has 0 aliphatic heterocycles. The van der Waals surface area contributed by atoms with E-state index in [4.69, 9.17) is 5.73 Å². The van der Waals surface area contributed by atoms with E-state index in [9.17, 15) is 0 Å². The van der Waals surface area contributed by atoms with Crippen LogP contribution < -0.4 is 11.2 Å². The zero-order chi connectivity index (χ0) is 18.8. The lowest BCUT2D eigenvalue weighted by Gasteiger charge is -2.36. The van der Waals surface area contributed by atoms with E-state index in [-0.39, 0.29) is 6.04 Å². The van der Waals surface area contributed by atoms with Gasteiger partial charge in [0, 0.05) is 6.04 Å². The van der Waals surface area contributed by atoms with Crippen LogP contribution in [0.2, 0.25) is 0 Å². The van der Waals surface area contributed by atoms with E-state index in [1.165, 1.54) is 53.0 Å². The summed E-state index contributed by atoms with van der Waals surface area (Å²) in [6, 6.07) is 24.6. The van der Waals surface area contributed by atoms with Crippen LogP contribution in [0.4, 0.5) is 0 Å². The molecule has 0 bridgehead atoms. The van der Waals surface area contributed by atoms with Crippen molar-refractivity contribution >= 4 is 24.1 Å². The van der Waals surface area contributed by atoms with Gasteiger partial charge in [0.2, 0.25) is 0 Å². The molecule has 2 unspecified atom stereocenters. The fourth-order valence-electron chi connectivity index (χ4n) is 5.07. The van der Waals surface area contributed by atoms with Crippen molar-refractivity contribution in [2.24, 2.45) is 11.7 Å². The third-order valence-electron chi connectivity index (χ3n) is 6.66. The smallest absolute Gasteiger partial charge is 0.139 e. The number of hydrogen-bond donors (Lipinski definition) is 1. The van der Waals surface area contributed by atoms with Gasteiger partial charge < -0.3 is 5.73 Å². The molecule has 1 aliphatic rings. The summed E-state index contributed by atoms with van der Waals surface area (Å²) in [7, 11) is 2.19. The van der Waals surface area contributed by atoms with Gasteiger partial charge in [-0.3, -0.25) is 0 Å². The van der Waals surface area contributed by atoms with Crippen molar-refractivity contribution in [1.29, 1.82) is 0 Å². The molecule has 2 heteroatoms. The molecular weight excluding hydrogens is 325 g/mol. The standard InChI is InChI=1S/C25H30BN/c1-17(23-14-6-8-18-7-2-3-13-24(18)23)25(27)21-11-4-9-19(15-21)20-10-5-12-22(26)16-20/h2-3,5-8,10,12-14,16-17,19,21,25H,4,9,11,15,26-27H2,1H3/t17-,19?,21+,25?/m1/s1. The quantitative estimate of drug-likeness (QED) is 0.685. The van der Waals surface area contributed by atoms with Gasteiger partial charge in [0.05, 0.1) is 0 Å². The maximum atomic E-state index is 6.89. The number of hydrogen-bond acceptors (Lipinski definition) is 1. The van der Waals surface area contributed by atoms with Crippen molar-refractivity contribution in [3.8, 4) is 0 Å². The molecule has 0 heterocycles. The van der Waals surface area contributed by atoms with Crippen molar-refractivity contribution in [1.82, 2.24) is 0 Å². The third-order valence-corrected chi connectivity index (χ3v) is 6.66. The summed E-state index contributed by atoms with van der Waals surface area (Å²) in [6.45, 7) is 2.32. The van der Waals surface area contributed by atoms with E-state index >= 15 is 0 Å². The minimum atomic E-state index is 0.211. The first-order chi connectivity index (χ1) is 13.1. The molecule has 0 amide bonds. The van der Waals surface area contributed by atoms with Gasteiger partial charge in [0.1, 0.15) is 7.85 Å². The van der Waals surface area contributed by atoms with Crippen LogP contribution in [-0.4, -0.2) is 13.9 Å². The molecule has 2 N–H and O–H groups in total. The van der Waals surface area contributed by atoms with E-state index in [2.05, 4.69) is 81.5 Å². The fraction of sp³-hybridized carbons (Fsp3) is 0.360. The Balaban J connectivity index is 1.55. The Morgan fingerprint density at radius 1 is 0.963 bits per heavy atom. The van der Waals surface area contributed by atoms with Crippen LogP contribution in [0.1, 0.15) is 55.6 Å². The van der Waals surface area contributed by atoms with E-state index in [1.807, 2.05) is 0 Å². The summed E-state index contributed by atoms with van der Waals surface area (Å²) in [4.78, 5) is 0. The van der Waals surface area contributed by atoms with Gasteiger partial charge in [-0.15, -0.1) is 0 Å². The Bertz CT molecular complexity index is 914. The summed E-state index contributed by atoms with van der Waals surface area (Å²) in [5.74, 6) is 1.63. The second kappa shape index (κ2) is 7.90. The molecule has 1 nitrogen and oxygen atoms in total. The molecule has 1 aliphatic carbocycles. The molecule has 3 aromatic rings. The van der Waals surface area contributed by atoms with Gasteiger partial charge in [-0.1, -0.05) is 85.5 Å². The highest BCUT2D eigenvalue weighted by atomic mass is 14.7. The maximum absolute atomic E-state index is 6.89. The van der Waals surface area contributed by atoms with Gasteiger partial charge in [-0.2, -0.15) is 0 Å². The summed E-state index contributed by atoms with van der Waals surface area (Å²) in [5, 5.41) is 2.67. The lowest BCUT2D eigenvalue weighted by Crippen LogP contribution is -2.37. The summed E-state index contributed by atoms with van der Waals surface area (Å²) < 4.78 is 0. The molecule has 1 fully saturated rings. The highest BCUT2D eigenvalue weighted by Gasteiger charge is 2.31. The molecule has 0 spiro atoms. The Kier molecular flexibility index (Phi) is 5.36. The van der Waals surface area contributed by atoms with E-state index in [0.717, 1.165) is 0 Å². The highest BCUT2D eigenvalue weighted by molar-refractivity contribution is 6.32. The Labute approximate surface area is 164 Å². The van der Waals surface area contributed by atoms with Crippen LogP contribution in [0.25, 0.3) is 10.8 Å². The molecule has 3 aromatic carbocycles. The Hall–Kier alpha value is -2.06. The molecule has 1 saturated carbocycles. The summed E-state index contributed by atoms with van der Waals surface area (Å²) in [5.41, 5.74) is 11.2. The van der Waals surface area contributed by atoms with Gasteiger partial charge in [-0.05, 0) is 58.9 Å². The molecule has 27 heavy (non-hydrogen) atoms. The second-order valence-corrected chi connectivity index (χ2v) is 8.47. The first kappa shape index (κ1) is 18.3. The SMILES string of the molecule is Bc1cccc(C2CCC[C@H](C(N)[C@H](C)c3cccc4ccccc34)C2)c1. The van der Waals surface area contributed by atoms with Crippen molar-refractivity contribution in [2.45, 2.75) is 50.5 Å². The molecule has 0 radical (unpaired) electrons. The van der Waals surface area contributed by atoms with Crippen molar-refractivity contribution in [2.75, 3.05) is 0 Å². The maximum Gasteiger partial charge on any atom is 0.139 e. The lowest BCUT2D eigenvalue weighted by atomic mass is 9.71. The lowest BCUT2D eigenvalue weighted by molar-refractivity contribution is 0.260. The van der Waals surface area contributed by atoms with Gasteiger partial charge in [0.15, 0.2) is 0 Å². The predicted molar refractivity (Wildman–Crippen MR) is 120 cm³/mol. The average Bonchev–Trinajstić information content (AvgIpc) is 2.72. The number of rotatable bonds is 4. The first-order valence-corrected chi connectivity index (χ1v) is 10.4. The summed E-state index contributed by atoms with van der Waals surface area (Å²) >= 11 is 0. The minimum absolute atomic E-state index is 0.211. The Morgan fingerprint density at radius 3 is 2.59 bits per heavy atom. The number of nitrogens with two attached hydrogens (primary N) is 1. The van der Waals surface area contributed by atoms with Crippen LogP contribution in [0.3, 0.4) is 0 Å². The van der Waals surface area contributed by atoms with Crippen molar-refractivity contribution in [3.05, 3.63) is 77.9 Å². The Morgan fingerprint density at radius 2 is 1.74 bits per heavy atom. The zero-order valence-electron chi connectivity index (χ0n) is 16.6. The van der Waals surface area contributed by atoms with Gasteiger partial charge >= 0.3 is 0 Å². The third kappa shape index (κ3) is 3.82. The predicted octanol–water partition coefficient (Wildman–Crippen LogP) is 4.50.